The molecule has 1 saturated heterocycles. The lowest BCUT2D eigenvalue weighted by Crippen LogP contribution is -2.37. The predicted molar refractivity (Wildman–Crippen MR) is 113 cm³/mol. The molecule has 3 aromatic rings. The number of benzene rings is 1. The van der Waals surface area contributed by atoms with E-state index in [9.17, 15) is 0 Å². The highest BCUT2D eigenvalue weighted by atomic mass is 32.1. The zero-order valence-corrected chi connectivity index (χ0v) is 16.8. The van der Waals surface area contributed by atoms with Crippen LogP contribution in [0.2, 0.25) is 0 Å². The Kier molecular flexibility index (Phi) is 5.66. The molecule has 1 fully saturated rings. The van der Waals surface area contributed by atoms with Gasteiger partial charge in [0, 0.05) is 30.6 Å². The quantitative estimate of drug-likeness (QED) is 0.650. The van der Waals surface area contributed by atoms with E-state index in [2.05, 4.69) is 57.6 Å². The molecule has 1 aliphatic rings. The molecule has 4 rings (SSSR count). The molecule has 5 nitrogen and oxygen atoms in total. The van der Waals surface area contributed by atoms with Gasteiger partial charge >= 0.3 is 0 Å². The summed E-state index contributed by atoms with van der Waals surface area (Å²) in [6, 6.07) is 6.62. The standard InChI is InChI=1S/C21H26N4OS/c1-15-4-5-17(16(2)12-15)18-13-27-21-19(18)20(23-14-24-21)22-6-3-7-25-8-10-26-11-9-25/h4-5,12-14H,3,6-11H2,1-2H3,(H,22,23,24). The van der Waals surface area contributed by atoms with Crippen molar-refractivity contribution in [3.63, 3.8) is 0 Å². The Balaban J connectivity index is 1.51. The van der Waals surface area contributed by atoms with Crippen molar-refractivity contribution in [2.24, 2.45) is 0 Å². The van der Waals surface area contributed by atoms with Crippen molar-refractivity contribution in [3.8, 4) is 11.1 Å². The minimum absolute atomic E-state index is 0.855. The van der Waals surface area contributed by atoms with Crippen LogP contribution in [0.5, 0.6) is 0 Å². The number of nitrogens with one attached hydrogen (secondary N) is 1. The lowest BCUT2D eigenvalue weighted by molar-refractivity contribution is 0.0378. The number of nitrogens with zero attached hydrogens (tertiary/aromatic N) is 3. The summed E-state index contributed by atoms with van der Waals surface area (Å²) < 4.78 is 5.41. The number of ether oxygens (including phenoxy) is 1. The first kappa shape index (κ1) is 18.3. The van der Waals surface area contributed by atoms with Crippen LogP contribution in [0, 0.1) is 13.8 Å². The summed E-state index contributed by atoms with van der Waals surface area (Å²) in [6.45, 7) is 10.1. The monoisotopic (exact) mass is 382 g/mol. The molecule has 0 saturated carbocycles. The van der Waals surface area contributed by atoms with Crippen LogP contribution in [0.1, 0.15) is 17.5 Å². The first-order valence-corrected chi connectivity index (χ1v) is 10.4. The molecule has 0 spiro atoms. The van der Waals surface area contributed by atoms with Gasteiger partial charge in [-0.3, -0.25) is 4.90 Å². The van der Waals surface area contributed by atoms with Gasteiger partial charge in [-0.25, -0.2) is 9.97 Å². The number of thiophene rings is 1. The SMILES string of the molecule is Cc1ccc(-c2csc3ncnc(NCCCN4CCOCC4)c23)c(C)c1. The van der Waals surface area contributed by atoms with Gasteiger partial charge in [0.25, 0.3) is 0 Å². The molecular weight excluding hydrogens is 356 g/mol. The normalized spacial score (nSPS) is 15.3. The van der Waals surface area contributed by atoms with Crippen LogP contribution in [0.3, 0.4) is 0 Å². The maximum atomic E-state index is 5.41. The summed E-state index contributed by atoms with van der Waals surface area (Å²) in [7, 11) is 0. The van der Waals surface area contributed by atoms with Crippen LogP contribution in [0.4, 0.5) is 5.82 Å². The van der Waals surface area contributed by atoms with Gasteiger partial charge in [0.2, 0.25) is 0 Å². The van der Waals surface area contributed by atoms with E-state index in [1.807, 2.05) is 0 Å². The predicted octanol–water partition coefficient (Wildman–Crippen LogP) is 4.11. The minimum atomic E-state index is 0.855. The molecule has 1 N–H and O–H groups in total. The number of rotatable bonds is 6. The van der Waals surface area contributed by atoms with Crippen molar-refractivity contribution in [1.82, 2.24) is 14.9 Å². The summed E-state index contributed by atoms with van der Waals surface area (Å²) in [5.41, 5.74) is 5.06. The first-order chi connectivity index (χ1) is 13.2. The number of hydrogen-bond acceptors (Lipinski definition) is 6. The van der Waals surface area contributed by atoms with E-state index in [4.69, 9.17) is 4.74 Å². The molecule has 0 aliphatic carbocycles. The fourth-order valence-corrected chi connectivity index (χ4v) is 4.56. The van der Waals surface area contributed by atoms with E-state index < -0.39 is 0 Å². The van der Waals surface area contributed by atoms with Crippen molar-refractivity contribution in [2.75, 3.05) is 44.7 Å². The molecule has 0 atom stereocenters. The third-order valence-corrected chi connectivity index (χ3v) is 5.98. The van der Waals surface area contributed by atoms with Crippen molar-refractivity contribution in [1.29, 1.82) is 0 Å². The molecule has 1 aliphatic heterocycles. The van der Waals surface area contributed by atoms with Gasteiger partial charge in [0.1, 0.15) is 17.0 Å². The second kappa shape index (κ2) is 8.33. The number of aromatic nitrogens is 2. The number of fused-ring (bicyclic) bond motifs is 1. The van der Waals surface area contributed by atoms with Gasteiger partial charge in [-0.05, 0) is 37.9 Å². The average molecular weight is 383 g/mol. The van der Waals surface area contributed by atoms with Crippen LogP contribution in [-0.4, -0.2) is 54.3 Å². The summed E-state index contributed by atoms with van der Waals surface area (Å²) in [5.74, 6) is 0.943. The van der Waals surface area contributed by atoms with Crippen LogP contribution < -0.4 is 5.32 Å². The second-order valence-corrected chi connectivity index (χ2v) is 7.96. The number of aryl methyl sites for hydroxylation is 2. The van der Waals surface area contributed by atoms with Gasteiger partial charge in [-0.1, -0.05) is 23.8 Å². The Hall–Kier alpha value is -2.02. The van der Waals surface area contributed by atoms with Crippen molar-refractivity contribution < 1.29 is 4.74 Å². The van der Waals surface area contributed by atoms with Gasteiger partial charge < -0.3 is 10.1 Å². The maximum Gasteiger partial charge on any atom is 0.138 e. The third kappa shape index (κ3) is 4.13. The van der Waals surface area contributed by atoms with E-state index in [1.54, 1.807) is 17.7 Å². The van der Waals surface area contributed by atoms with E-state index >= 15 is 0 Å². The van der Waals surface area contributed by atoms with Crippen LogP contribution >= 0.6 is 11.3 Å². The highest BCUT2D eigenvalue weighted by molar-refractivity contribution is 7.17. The second-order valence-electron chi connectivity index (χ2n) is 7.10. The fraction of sp³-hybridized carbons (Fsp3) is 0.429. The Morgan fingerprint density at radius 3 is 2.81 bits per heavy atom. The summed E-state index contributed by atoms with van der Waals surface area (Å²) in [5, 5.41) is 6.90. The molecule has 27 heavy (non-hydrogen) atoms. The van der Waals surface area contributed by atoms with Gasteiger partial charge in [-0.2, -0.15) is 0 Å². The zero-order chi connectivity index (χ0) is 18.6. The van der Waals surface area contributed by atoms with Crippen LogP contribution in [0.25, 0.3) is 21.3 Å². The van der Waals surface area contributed by atoms with Crippen LogP contribution in [-0.2, 0) is 4.74 Å². The Bertz CT molecular complexity index is 918. The Morgan fingerprint density at radius 2 is 2.00 bits per heavy atom. The molecule has 0 bridgehead atoms. The Morgan fingerprint density at radius 1 is 1.15 bits per heavy atom. The molecule has 6 heteroatoms. The smallest absolute Gasteiger partial charge is 0.138 e. The highest BCUT2D eigenvalue weighted by Gasteiger charge is 2.15. The molecular formula is C21H26N4OS. The van der Waals surface area contributed by atoms with Gasteiger partial charge in [0.05, 0.1) is 18.6 Å². The molecule has 0 amide bonds. The van der Waals surface area contributed by atoms with Crippen molar-refractivity contribution in [3.05, 3.63) is 41.0 Å². The topological polar surface area (TPSA) is 50.3 Å². The molecule has 142 valence electrons. The van der Waals surface area contributed by atoms with Gasteiger partial charge in [-0.15, -0.1) is 11.3 Å². The fourth-order valence-electron chi connectivity index (χ4n) is 3.66. The summed E-state index contributed by atoms with van der Waals surface area (Å²) in [6.07, 6.45) is 2.75. The number of hydrogen-bond donors (Lipinski definition) is 1. The first-order valence-electron chi connectivity index (χ1n) is 9.56. The van der Waals surface area contributed by atoms with Gasteiger partial charge in [0.15, 0.2) is 0 Å². The Labute approximate surface area is 164 Å². The zero-order valence-electron chi connectivity index (χ0n) is 16.0. The lowest BCUT2D eigenvalue weighted by atomic mass is 9.99. The largest absolute Gasteiger partial charge is 0.379 e. The average Bonchev–Trinajstić information content (AvgIpc) is 3.11. The molecule has 0 unspecified atom stereocenters. The third-order valence-electron chi connectivity index (χ3n) is 5.09. The van der Waals surface area contributed by atoms with E-state index in [-0.39, 0.29) is 0 Å². The van der Waals surface area contributed by atoms with E-state index in [1.165, 1.54) is 22.3 Å². The molecule has 1 aromatic carbocycles. The minimum Gasteiger partial charge on any atom is -0.379 e. The van der Waals surface area contributed by atoms with Crippen molar-refractivity contribution in [2.45, 2.75) is 20.3 Å². The molecule has 3 heterocycles. The number of anilines is 1. The van der Waals surface area contributed by atoms with Crippen LogP contribution in [0.15, 0.2) is 29.9 Å². The van der Waals surface area contributed by atoms with E-state index in [0.29, 0.717) is 0 Å². The summed E-state index contributed by atoms with van der Waals surface area (Å²) >= 11 is 1.68. The molecule has 2 aromatic heterocycles. The lowest BCUT2D eigenvalue weighted by Gasteiger charge is -2.26. The highest BCUT2D eigenvalue weighted by Crippen LogP contribution is 2.37. The number of morpholine rings is 1. The van der Waals surface area contributed by atoms with E-state index in [0.717, 1.165) is 61.8 Å². The summed E-state index contributed by atoms with van der Waals surface area (Å²) in [4.78, 5) is 12.5. The molecule has 0 radical (unpaired) electrons. The van der Waals surface area contributed by atoms with Crippen molar-refractivity contribution >= 4 is 27.4 Å². The maximum absolute atomic E-state index is 5.41.